The van der Waals surface area contributed by atoms with Crippen LogP contribution in [0.25, 0.3) is 85.2 Å². The molecule has 254 valence electrons. The topological polar surface area (TPSA) is 29.3 Å². The zero-order valence-electron chi connectivity index (χ0n) is 28.9. The molecule has 0 amide bonds. The Morgan fingerprint density at radius 2 is 1.09 bits per heavy atom. The van der Waals surface area contributed by atoms with Gasteiger partial charge in [0.1, 0.15) is 16.2 Å². The summed E-state index contributed by atoms with van der Waals surface area (Å²) in [6.07, 6.45) is 0. The van der Waals surface area contributed by atoms with E-state index >= 15 is 0 Å². The second kappa shape index (κ2) is 12.6. The van der Waals surface area contributed by atoms with E-state index in [4.69, 9.17) is 9.40 Å². The van der Waals surface area contributed by atoms with Crippen molar-refractivity contribution in [1.29, 1.82) is 0 Å². The van der Waals surface area contributed by atoms with Gasteiger partial charge >= 0.3 is 0 Å². The monoisotopic (exact) mass is 726 g/mol. The summed E-state index contributed by atoms with van der Waals surface area (Å²) in [4.78, 5) is 7.48. The van der Waals surface area contributed by atoms with Gasteiger partial charge in [0, 0.05) is 54.3 Å². The van der Waals surface area contributed by atoms with Crippen LogP contribution in [-0.2, 0) is 0 Å². The van der Waals surface area contributed by atoms with Crippen molar-refractivity contribution in [2.24, 2.45) is 0 Å². The van der Waals surface area contributed by atoms with E-state index in [1.165, 1.54) is 42.4 Å². The van der Waals surface area contributed by atoms with Gasteiger partial charge in [0.25, 0.3) is 0 Å². The van der Waals surface area contributed by atoms with E-state index in [1.54, 1.807) is 11.3 Å². The van der Waals surface area contributed by atoms with Crippen molar-refractivity contribution < 1.29 is 4.42 Å². The van der Waals surface area contributed by atoms with Crippen LogP contribution < -0.4 is 4.90 Å². The summed E-state index contributed by atoms with van der Waals surface area (Å²) in [5.74, 6) is 0. The van der Waals surface area contributed by atoms with E-state index in [1.807, 2.05) is 17.4 Å². The van der Waals surface area contributed by atoms with Gasteiger partial charge in [-0.05, 0) is 82.9 Å². The molecule has 0 saturated heterocycles. The zero-order chi connectivity index (χ0) is 35.6. The Kier molecular flexibility index (Phi) is 7.22. The number of anilines is 3. The van der Waals surface area contributed by atoms with Crippen LogP contribution in [0, 0.1) is 0 Å². The average Bonchev–Trinajstić information content (AvgIpc) is 3.95. The summed E-state index contributed by atoms with van der Waals surface area (Å²) in [6.45, 7) is 0. The summed E-state index contributed by atoms with van der Waals surface area (Å²) in [6, 6.07) is 64.9. The molecule has 0 spiro atoms. The second-order valence-electron chi connectivity index (χ2n) is 13.5. The molecular formula is C49H30N2OS2. The quantitative estimate of drug-likeness (QED) is 0.171. The number of hydrogen-bond acceptors (Lipinski definition) is 5. The molecule has 0 saturated carbocycles. The SMILES string of the molecule is c1ccc(-c2ccc(N(c3cccc(-c4cccc5sc6ccccc6c45)c3)c3ccc4c(c3)oc3ccc5sc(-c6ccccc6)nc5c34)cc2)cc1. The lowest BCUT2D eigenvalue weighted by atomic mass is 9.98. The Hall–Kier alpha value is -6.53. The zero-order valence-corrected chi connectivity index (χ0v) is 30.6. The van der Waals surface area contributed by atoms with E-state index in [0.717, 1.165) is 59.8 Å². The molecule has 3 aromatic heterocycles. The maximum absolute atomic E-state index is 6.63. The number of thiophene rings is 1. The summed E-state index contributed by atoms with van der Waals surface area (Å²) < 4.78 is 10.4. The van der Waals surface area contributed by atoms with E-state index in [-0.39, 0.29) is 0 Å². The number of thiazole rings is 1. The minimum atomic E-state index is 0.834. The molecule has 0 bridgehead atoms. The standard InChI is InChI=1S/C49H30N2OS2/c1-3-11-31(12-4-1)32-21-23-35(24-22-32)51(36-16-9-15-34(29-36)38-18-10-20-44-46(38)40-17-7-8-19-43(40)53-44)37-25-26-39-42(30-37)52-41-27-28-45-48(47(39)41)50-49(54-45)33-13-5-2-6-14-33/h1-30H. The van der Waals surface area contributed by atoms with Crippen LogP contribution in [0.1, 0.15) is 0 Å². The predicted octanol–water partition coefficient (Wildman–Crippen LogP) is 15.0. The first kappa shape index (κ1) is 31.0. The number of fused-ring (bicyclic) bond motifs is 8. The van der Waals surface area contributed by atoms with Gasteiger partial charge in [0.2, 0.25) is 0 Å². The number of furan rings is 1. The Balaban J connectivity index is 1.07. The normalized spacial score (nSPS) is 11.7. The molecule has 54 heavy (non-hydrogen) atoms. The predicted molar refractivity (Wildman–Crippen MR) is 231 cm³/mol. The number of rotatable bonds is 6. The first-order chi connectivity index (χ1) is 26.7. The lowest BCUT2D eigenvalue weighted by molar-refractivity contribution is 0.669. The summed E-state index contributed by atoms with van der Waals surface area (Å²) in [7, 11) is 0. The molecular weight excluding hydrogens is 697 g/mol. The van der Waals surface area contributed by atoms with Crippen LogP contribution in [0.4, 0.5) is 17.1 Å². The molecule has 8 aromatic carbocycles. The van der Waals surface area contributed by atoms with E-state index in [9.17, 15) is 0 Å². The molecule has 3 nitrogen and oxygen atoms in total. The molecule has 0 N–H and O–H groups in total. The third kappa shape index (κ3) is 5.12. The van der Waals surface area contributed by atoms with Crippen LogP contribution in [0.2, 0.25) is 0 Å². The highest BCUT2D eigenvalue weighted by Crippen LogP contribution is 2.45. The lowest BCUT2D eigenvalue weighted by Gasteiger charge is -2.26. The van der Waals surface area contributed by atoms with Gasteiger partial charge in [0.15, 0.2) is 0 Å². The van der Waals surface area contributed by atoms with Crippen molar-refractivity contribution in [2.45, 2.75) is 0 Å². The van der Waals surface area contributed by atoms with Gasteiger partial charge in [-0.3, -0.25) is 0 Å². The van der Waals surface area contributed by atoms with Gasteiger partial charge < -0.3 is 9.32 Å². The molecule has 0 radical (unpaired) electrons. The van der Waals surface area contributed by atoms with Crippen molar-refractivity contribution in [3.8, 4) is 32.8 Å². The lowest BCUT2D eigenvalue weighted by Crippen LogP contribution is -2.10. The largest absolute Gasteiger partial charge is 0.456 e. The van der Waals surface area contributed by atoms with Crippen molar-refractivity contribution in [1.82, 2.24) is 4.98 Å². The fourth-order valence-corrected chi connectivity index (χ4v) is 9.90. The highest BCUT2D eigenvalue weighted by Gasteiger charge is 2.20. The van der Waals surface area contributed by atoms with Gasteiger partial charge in [0.05, 0.1) is 15.6 Å². The van der Waals surface area contributed by atoms with Gasteiger partial charge in [-0.2, -0.15) is 0 Å². The Morgan fingerprint density at radius 1 is 0.407 bits per heavy atom. The minimum Gasteiger partial charge on any atom is -0.456 e. The average molecular weight is 727 g/mol. The Labute approximate surface area is 319 Å². The smallest absolute Gasteiger partial charge is 0.137 e. The highest BCUT2D eigenvalue weighted by molar-refractivity contribution is 7.26. The molecule has 0 aliphatic heterocycles. The fraction of sp³-hybridized carbons (Fsp3) is 0. The first-order valence-corrected chi connectivity index (χ1v) is 19.7. The molecule has 0 aliphatic carbocycles. The summed E-state index contributed by atoms with van der Waals surface area (Å²) in [5, 5.41) is 5.74. The summed E-state index contributed by atoms with van der Waals surface area (Å²) >= 11 is 3.57. The van der Waals surface area contributed by atoms with Gasteiger partial charge in [-0.25, -0.2) is 4.98 Å². The van der Waals surface area contributed by atoms with E-state index in [2.05, 4.69) is 181 Å². The van der Waals surface area contributed by atoms with Crippen LogP contribution in [0.3, 0.4) is 0 Å². The number of aromatic nitrogens is 1. The molecule has 0 atom stereocenters. The minimum absolute atomic E-state index is 0.834. The van der Waals surface area contributed by atoms with Crippen LogP contribution in [-0.4, -0.2) is 4.98 Å². The van der Waals surface area contributed by atoms with E-state index in [0.29, 0.717) is 0 Å². The third-order valence-corrected chi connectivity index (χ3v) is 12.5. The molecule has 0 fully saturated rings. The Morgan fingerprint density at radius 3 is 1.94 bits per heavy atom. The number of hydrogen-bond donors (Lipinski definition) is 0. The second-order valence-corrected chi connectivity index (χ2v) is 15.6. The van der Waals surface area contributed by atoms with Crippen molar-refractivity contribution >= 4 is 92.1 Å². The number of benzene rings is 8. The van der Waals surface area contributed by atoms with Crippen molar-refractivity contribution in [3.63, 3.8) is 0 Å². The fourth-order valence-electron chi connectivity index (χ4n) is 7.79. The molecule has 5 heteroatoms. The van der Waals surface area contributed by atoms with Gasteiger partial charge in [-0.1, -0.05) is 115 Å². The maximum atomic E-state index is 6.63. The van der Waals surface area contributed by atoms with E-state index < -0.39 is 0 Å². The van der Waals surface area contributed by atoms with Crippen LogP contribution >= 0.6 is 22.7 Å². The van der Waals surface area contributed by atoms with Crippen molar-refractivity contribution in [2.75, 3.05) is 4.90 Å². The first-order valence-electron chi connectivity index (χ1n) is 18.0. The van der Waals surface area contributed by atoms with Crippen LogP contribution in [0.5, 0.6) is 0 Å². The molecule has 11 rings (SSSR count). The number of nitrogens with zero attached hydrogens (tertiary/aromatic N) is 2. The molecule has 0 aliphatic rings. The maximum Gasteiger partial charge on any atom is 0.137 e. The molecule has 11 aromatic rings. The summed E-state index contributed by atoms with van der Waals surface area (Å²) in [5.41, 5.74) is 11.7. The highest BCUT2D eigenvalue weighted by atomic mass is 32.1. The van der Waals surface area contributed by atoms with Gasteiger partial charge in [-0.15, -0.1) is 22.7 Å². The molecule has 0 unspecified atom stereocenters. The Bertz CT molecular complexity index is 3160. The third-order valence-electron chi connectivity index (χ3n) is 10.3. The molecule has 3 heterocycles. The van der Waals surface area contributed by atoms with Crippen molar-refractivity contribution in [3.05, 3.63) is 182 Å². The van der Waals surface area contributed by atoms with Crippen LogP contribution in [0.15, 0.2) is 186 Å².